The zero-order valence-corrected chi connectivity index (χ0v) is 14.9. The maximum absolute atomic E-state index is 5.78. The molecule has 21 heavy (non-hydrogen) atoms. The maximum atomic E-state index is 5.78. The summed E-state index contributed by atoms with van der Waals surface area (Å²) in [5.74, 6) is 0.963. The smallest absolute Gasteiger partial charge is 0.122 e. The number of rotatable bonds is 7. The summed E-state index contributed by atoms with van der Waals surface area (Å²) in [5.41, 5.74) is 3.08. The Morgan fingerprint density at radius 3 is 2.19 bits per heavy atom. The van der Waals surface area contributed by atoms with Crippen LogP contribution in [0.25, 0.3) is 0 Å². The van der Waals surface area contributed by atoms with Gasteiger partial charge < -0.3 is 9.47 Å². The molecular formula is C19H32O2. The lowest BCUT2D eigenvalue weighted by molar-refractivity contribution is 0.110. The molecule has 0 saturated carbocycles. The van der Waals surface area contributed by atoms with E-state index in [0.29, 0.717) is 18.6 Å². The standard InChI is InChI=1S/C19H32O2/c1-8-20-11-12-21-17-10-9-16(13-15(17)2)19(6,7)14-18(3,4)5/h9-10,13H,8,11-12,14H2,1-7H3. The van der Waals surface area contributed by atoms with Gasteiger partial charge in [0, 0.05) is 6.61 Å². The molecule has 2 heteroatoms. The van der Waals surface area contributed by atoms with Crippen LogP contribution in [-0.4, -0.2) is 19.8 Å². The van der Waals surface area contributed by atoms with Gasteiger partial charge in [0.1, 0.15) is 12.4 Å². The van der Waals surface area contributed by atoms with E-state index in [1.807, 2.05) is 6.92 Å². The van der Waals surface area contributed by atoms with Gasteiger partial charge in [0.2, 0.25) is 0 Å². The first-order valence-corrected chi connectivity index (χ1v) is 7.97. The van der Waals surface area contributed by atoms with Gasteiger partial charge in [0.05, 0.1) is 6.61 Å². The summed E-state index contributed by atoms with van der Waals surface area (Å²) >= 11 is 0. The predicted octanol–water partition coefficient (Wildman–Crippen LogP) is 5.12. The number of aryl methyl sites for hydroxylation is 1. The van der Waals surface area contributed by atoms with Crippen molar-refractivity contribution in [3.63, 3.8) is 0 Å². The van der Waals surface area contributed by atoms with Crippen LogP contribution < -0.4 is 4.74 Å². The molecule has 0 heterocycles. The second kappa shape index (κ2) is 7.31. The van der Waals surface area contributed by atoms with Crippen molar-refractivity contribution in [1.29, 1.82) is 0 Å². The highest BCUT2D eigenvalue weighted by molar-refractivity contribution is 5.39. The normalized spacial score (nSPS) is 12.5. The number of hydrogen-bond donors (Lipinski definition) is 0. The van der Waals surface area contributed by atoms with Crippen LogP contribution in [0.2, 0.25) is 0 Å². The van der Waals surface area contributed by atoms with Crippen LogP contribution in [0.3, 0.4) is 0 Å². The molecule has 0 aromatic heterocycles. The lowest BCUT2D eigenvalue weighted by atomic mass is 9.72. The van der Waals surface area contributed by atoms with Crippen molar-refractivity contribution in [2.45, 2.75) is 60.3 Å². The van der Waals surface area contributed by atoms with Crippen LogP contribution >= 0.6 is 0 Å². The number of benzene rings is 1. The third-order valence-corrected chi connectivity index (χ3v) is 3.62. The van der Waals surface area contributed by atoms with Crippen LogP contribution in [0.1, 0.15) is 59.1 Å². The van der Waals surface area contributed by atoms with E-state index in [9.17, 15) is 0 Å². The van der Waals surface area contributed by atoms with E-state index in [1.165, 1.54) is 11.1 Å². The van der Waals surface area contributed by atoms with Gasteiger partial charge in [-0.05, 0) is 48.3 Å². The lowest BCUT2D eigenvalue weighted by Crippen LogP contribution is -2.24. The van der Waals surface area contributed by atoms with E-state index in [1.54, 1.807) is 0 Å². The highest BCUT2D eigenvalue weighted by atomic mass is 16.5. The molecule has 120 valence electrons. The Morgan fingerprint density at radius 2 is 1.67 bits per heavy atom. The second-order valence-corrected chi connectivity index (χ2v) is 7.65. The summed E-state index contributed by atoms with van der Waals surface area (Å²) in [6.45, 7) is 17.6. The molecule has 0 spiro atoms. The molecule has 0 aliphatic rings. The Kier molecular flexibility index (Phi) is 6.27. The molecule has 0 radical (unpaired) electrons. The minimum Gasteiger partial charge on any atom is -0.491 e. The Labute approximate surface area is 130 Å². The van der Waals surface area contributed by atoms with Crippen molar-refractivity contribution in [2.75, 3.05) is 19.8 Å². The first kappa shape index (κ1) is 18.0. The fourth-order valence-electron chi connectivity index (χ4n) is 3.02. The third kappa shape index (κ3) is 6.09. The first-order valence-electron chi connectivity index (χ1n) is 7.97. The van der Waals surface area contributed by atoms with Gasteiger partial charge in [-0.2, -0.15) is 0 Å². The van der Waals surface area contributed by atoms with E-state index >= 15 is 0 Å². The quantitative estimate of drug-likeness (QED) is 0.649. The molecule has 0 N–H and O–H groups in total. The summed E-state index contributed by atoms with van der Waals surface area (Å²) in [6, 6.07) is 6.57. The van der Waals surface area contributed by atoms with Crippen LogP contribution in [-0.2, 0) is 10.2 Å². The number of ether oxygens (including phenoxy) is 2. The van der Waals surface area contributed by atoms with Crippen LogP contribution in [0.5, 0.6) is 5.75 Å². The van der Waals surface area contributed by atoms with Gasteiger partial charge in [0.15, 0.2) is 0 Å². The van der Waals surface area contributed by atoms with E-state index in [2.05, 4.69) is 59.7 Å². The van der Waals surface area contributed by atoms with E-state index < -0.39 is 0 Å². The van der Waals surface area contributed by atoms with E-state index in [-0.39, 0.29) is 5.41 Å². The van der Waals surface area contributed by atoms with Crippen molar-refractivity contribution in [3.8, 4) is 5.75 Å². The molecule has 0 amide bonds. The summed E-state index contributed by atoms with van der Waals surface area (Å²) in [7, 11) is 0. The van der Waals surface area contributed by atoms with Gasteiger partial charge in [-0.15, -0.1) is 0 Å². The minimum atomic E-state index is 0.173. The molecule has 1 rings (SSSR count). The molecule has 0 saturated heterocycles. The predicted molar refractivity (Wildman–Crippen MR) is 90.3 cm³/mol. The van der Waals surface area contributed by atoms with Crippen molar-refractivity contribution >= 4 is 0 Å². The van der Waals surface area contributed by atoms with Crippen molar-refractivity contribution in [1.82, 2.24) is 0 Å². The Hall–Kier alpha value is -1.02. The SMILES string of the molecule is CCOCCOc1ccc(C(C)(C)CC(C)(C)C)cc1C. The minimum absolute atomic E-state index is 0.173. The maximum Gasteiger partial charge on any atom is 0.122 e. The lowest BCUT2D eigenvalue weighted by Gasteiger charge is -2.33. The molecule has 1 aromatic carbocycles. The molecular weight excluding hydrogens is 260 g/mol. The zero-order valence-electron chi connectivity index (χ0n) is 14.9. The van der Waals surface area contributed by atoms with Crippen LogP contribution in [0, 0.1) is 12.3 Å². The average molecular weight is 292 g/mol. The highest BCUT2D eigenvalue weighted by Gasteiger charge is 2.27. The molecule has 0 aliphatic carbocycles. The second-order valence-electron chi connectivity index (χ2n) is 7.65. The monoisotopic (exact) mass is 292 g/mol. The molecule has 0 aliphatic heterocycles. The van der Waals surface area contributed by atoms with Gasteiger partial charge in [-0.1, -0.05) is 46.8 Å². The summed E-state index contributed by atoms with van der Waals surface area (Å²) in [5, 5.41) is 0. The molecule has 0 fully saturated rings. The zero-order chi connectivity index (χ0) is 16.1. The summed E-state index contributed by atoms with van der Waals surface area (Å²) in [4.78, 5) is 0. The van der Waals surface area contributed by atoms with Gasteiger partial charge in [-0.3, -0.25) is 0 Å². The Morgan fingerprint density at radius 1 is 1.00 bits per heavy atom. The van der Waals surface area contributed by atoms with Gasteiger partial charge >= 0.3 is 0 Å². The topological polar surface area (TPSA) is 18.5 Å². The summed E-state index contributed by atoms with van der Waals surface area (Å²) < 4.78 is 11.1. The highest BCUT2D eigenvalue weighted by Crippen LogP contribution is 2.37. The van der Waals surface area contributed by atoms with Crippen molar-refractivity contribution in [2.24, 2.45) is 5.41 Å². The van der Waals surface area contributed by atoms with Crippen molar-refractivity contribution < 1.29 is 9.47 Å². The van der Waals surface area contributed by atoms with Crippen molar-refractivity contribution in [3.05, 3.63) is 29.3 Å². The van der Waals surface area contributed by atoms with E-state index in [4.69, 9.17) is 9.47 Å². The third-order valence-electron chi connectivity index (χ3n) is 3.62. The molecule has 2 nitrogen and oxygen atoms in total. The fourth-order valence-corrected chi connectivity index (χ4v) is 3.02. The average Bonchev–Trinajstić information content (AvgIpc) is 2.33. The first-order chi connectivity index (χ1) is 9.65. The Balaban J connectivity index is 2.77. The van der Waals surface area contributed by atoms with Crippen LogP contribution in [0.15, 0.2) is 18.2 Å². The summed E-state index contributed by atoms with van der Waals surface area (Å²) in [6.07, 6.45) is 1.16. The molecule has 0 atom stereocenters. The van der Waals surface area contributed by atoms with Gasteiger partial charge in [0.25, 0.3) is 0 Å². The van der Waals surface area contributed by atoms with Gasteiger partial charge in [-0.25, -0.2) is 0 Å². The molecule has 0 unspecified atom stereocenters. The van der Waals surface area contributed by atoms with E-state index in [0.717, 1.165) is 18.8 Å². The molecule has 1 aromatic rings. The van der Waals surface area contributed by atoms with Crippen LogP contribution in [0.4, 0.5) is 0 Å². The number of hydrogen-bond acceptors (Lipinski definition) is 2. The molecule has 0 bridgehead atoms. The fraction of sp³-hybridized carbons (Fsp3) is 0.684. The Bertz CT molecular complexity index is 441. The largest absolute Gasteiger partial charge is 0.491 e.